The molecule has 1 aliphatic heterocycles. The van der Waals surface area contributed by atoms with E-state index in [1.807, 2.05) is 12.1 Å². The van der Waals surface area contributed by atoms with Crippen molar-refractivity contribution in [3.05, 3.63) is 90.5 Å². The maximum Gasteiger partial charge on any atom is 0.343 e. The second-order valence-corrected chi connectivity index (χ2v) is 6.56. The van der Waals surface area contributed by atoms with Gasteiger partial charge in [0.25, 0.3) is 5.91 Å². The molecule has 0 spiro atoms. The van der Waals surface area contributed by atoms with E-state index in [-0.39, 0.29) is 18.2 Å². The molecule has 0 aliphatic carbocycles. The van der Waals surface area contributed by atoms with Crippen LogP contribution in [0.4, 0.5) is 11.4 Å². The predicted molar refractivity (Wildman–Crippen MR) is 109 cm³/mol. The number of imide groups is 1. The van der Waals surface area contributed by atoms with Crippen molar-refractivity contribution in [2.75, 3.05) is 10.2 Å². The lowest BCUT2D eigenvalue weighted by atomic mass is 10.2. The van der Waals surface area contributed by atoms with Crippen LogP contribution in [0.15, 0.2) is 84.9 Å². The third-order valence-electron chi connectivity index (χ3n) is 4.59. The summed E-state index contributed by atoms with van der Waals surface area (Å²) < 4.78 is 5.50. The van der Waals surface area contributed by atoms with Gasteiger partial charge in [-0.1, -0.05) is 48.5 Å². The number of hydrogen-bond acceptors (Lipinski definition) is 5. The number of anilines is 2. The topological polar surface area (TPSA) is 75.7 Å². The van der Waals surface area contributed by atoms with Crippen LogP contribution in [0.2, 0.25) is 0 Å². The third kappa shape index (κ3) is 3.87. The van der Waals surface area contributed by atoms with E-state index >= 15 is 0 Å². The first-order chi connectivity index (χ1) is 14.1. The summed E-state index contributed by atoms with van der Waals surface area (Å²) >= 11 is 0. The molecule has 1 saturated heterocycles. The summed E-state index contributed by atoms with van der Waals surface area (Å²) in [5, 5.41) is 3.06. The fourth-order valence-corrected chi connectivity index (χ4v) is 3.19. The van der Waals surface area contributed by atoms with E-state index in [2.05, 4.69) is 5.32 Å². The van der Waals surface area contributed by atoms with E-state index < -0.39 is 12.0 Å². The molecular formula is C23H18N2O4. The van der Waals surface area contributed by atoms with Gasteiger partial charge in [-0.15, -0.1) is 0 Å². The molecule has 4 rings (SSSR count). The molecule has 29 heavy (non-hydrogen) atoms. The first-order valence-corrected chi connectivity index (χ1v) is 9.18. The SMILES string of the molecule is O=C(Oc1ccccc1NC1CC(=O)N(c2ccccc2)C1=O)c1ccccc1. The number of amides is 2. The monoisotopic (exact) mass is 386 g/mol. The molecule has 3 aromatic rings. The summed E-state index contributed by atoms with van der Waals surface area (Å²) in [6, 6.07) is 23.5. The first-order valence-electron chi connectivity index (χ1n) is 9.18. The lowest BCUT2D eigenvalue weighted by Gasteiger charge is -2.17. The van der Waals surface area contributed by atoms with Gasteiger partial charge in [0.2, 0.25) is 5.91 Å². The normalized spacial score (nSPS) is 16.0. The molecule has 1 N–H and O–H groups in total. The Hall–Kier alpha value is -3.93. The Morgan fingerprint density at radius 1 is 0.862 bits per heavy atom. The number of para-hydroxylation sites is 3. The fourth-order valence-electron chi connectivity index (χ4n) is 3.19. The van der Waals surface area contributed by atoms with Crippen LogP contribution in [0, 0.1) is 0 Å². The molecule has 1 aliphatic rings. The molecule has 2 amide bonds. The van der Waals surface area contributed by atoms with Crippen molar-refractivity contribution < 1.29 is 19.1 Å². The number of nitrogens with one attached hydrogen (secondary N) is 1. The smallest absolute Gasteiger partial charge is 0.343 e. The average Bonchev–Trinajstić information content (AvgIpc) is 3.03. The van der Waals surface area contributed by atoms with Crippen LogP contribution in [0.25, 0.3) is 0 Å². The average molecular weight is 386 g/mol. The zero-order valence-electron chi connectivity index (χ0n) is 15.4. The van der Waals surface area contributed by atoms with Gasteiger partial charge >= 0.3 is 5.97 Å². The van der Waals surface area contributed by atoms with Crippen molar-refractivity contribution in [3.63, 3.8) is 0 Å². The van der Waals surface area contributed by atoms with Gasteiger partial charge in [0.05, 0.1) is 23.4 Å². The Kier molecular flexibility index (Phi) is 5.07. The Balaban J connectivity index is 1.53. The quantitative estimate of drug-likeness (QED) is 0.412. The van der Waals surface area contributed by atoms with Gasteiger partial charge in [0.15, 0.2) is 5.75 Å². The van der Waals surface area contributed by atoms with Gasteiger partial charge in [-0.05, 0) is 36.4 Å². The zero-order chi connectivity index (χ0) is 20.2. The van der Waals surface area contributed by atoms with Crippen molar-refractivity contribution in [2.45, 2.75) is 12.5 Å². The number of benzene rings is 3. The third-order valence-corrected chi connectivity index (χ3v) is 4.59. The van der Waals surface area contributed by atoms with Crippen molar-refractivity contribution in [1.82, 2.24) is 0 Å². The zero-order valence-corrected chi connectivity index (χ0v) is 15.4. The van der Waals surface area contributed by atoms with Crippen LogP contribution in [0.1, 0.15) is 16.8 Å². The first kappa shape index (κ1) is 18.4. The van der Waals surface area contributed by atoms with Gasteiger partial charge in [0, 0.05) is 0 Å². The highest BCUT2D eigenvalue weighted by Crippen LogP contribution is 2.29. The van der Waals surface area contributed by atoms with Crippen LogP contribution in [-0.4, -0.2) is 23.8 Å². The summed E-state index contributed by atoms with van der Waals surface area (Å²) in [5.74, 6) is -0.831. The highest BCUT2D eigenvalue weighted by atomic mass is 16.5. The number of nitrogens with zero attached hydrogens (tertiary/aromatic N) is 1. The molecule has 0 radical (unpaired) electrons. The molecular weight excluding hydrogens is 368 g/mol. The van der Waals surface area contributed by atoms with Crippen LogP contribution >= 0.6 is 0 Å². The Morgan fingerprint density at radius 3 is 2.21 bits per heavy atom. The number of ether oxygens (including phenoxy) is 1. The van der Waals surface area contributed by atoms with E-state index in [1.54, 1.807) is 72.8 Å². The summed E-state index contributed by atoms with van der Waals surface area (Å²) in [5.41, 5.74) is 1.43. The lowest BCUT2D eigenvalue weighted by Crippen LogP contribution is -2.34. The van der Waals surface area contributed by atoms with Crippen LogP contribution < -0.4 is 15.0 Å². The molecule has 3 aromatic carbocycles. The van der Waals surface area contributed by atoms with Crippen molar-refractivity contribution in [2.24, 2.45) is 0 Å². The molecule has 1 atom stereocenters. The highest BCUT2D eigenvalue weighted by molar-refractivity contribution is 6.23. The minimum atomic E-state index is -0.737. The predicted octanol–water partition coefficient (Wildman–Crippen LogP) is 3.65. The van der Waals surface area contributed by atoms with Crippen molar-refractivity contribution >= 4 is 29.2 Å². The number of carbonyl (C=O) groups excluding carboxylic acids is 3. The Bertz CT molecular complexity index is 1050. The van der Waals surface area contributed by atoms with Crippen molar-refractivity contribution in [1.29, 1.82) is 0 Å². The lowest BCUT2D eigenvalue weighted by molar-refractivity contribution is -0.121. The van der Waals surface area contributed by atoms with E-state index in [1.165, 1.54) is 4.90 Å². The van der Waals surface area contributed by atoms with Gasteiger partial charge in [-0.25, -0.2) is 9.69 Å². The molecule has 1 fully saturated rings. The molecule has 6 heteroatoms. The van der Waals surface area contributed by atoms with E-state index in [0.29, 0.717) is 22.7 Å². The van der Waals surface area contributed by atoms with E-state index in [4.69, 9.17) is 4.74 Å². The number of hydrogen-bond donors (Lipinski definition) is 1. The van der Waals surface area contributed by atoms with Gasteiger partial charge < -0.3 is 10.1 Å². The Morgan fingerprint density at radius 2 is 1.48 bits per heavy atom. The van der Waals surface area contributed by atoms with Crippen LogP contribution in [0.3, 0.4) is 0 Å². The molecule has 1 heterocycles. The van der Waals surface area contributed by atoms with E-state index in [9.17, 15) is 14.4 Å². The summed E-state index contributed by atoms with van der Waals surface area (Å²) in [7, 11) is 0. The molecule has 1 unspecified atom stereocenters. The van der Waals surface area contributed by atoms with Crippen LogP contribution in [0.5, 0.6) is 5.75 Å². The Labute approximate surface area is 167 Å². The van der Waals surface area contributed by atoms with Crippen LogP contribution in [-0.2, 0) is 9.59 Å². The second-order valence-electron chi connectivity index (χ2n) is 6.56. The van der Waals surface area contributed by atoms with Gasteiger partial charge in [-0.2, -0.15) is 0 Å². The summed E-state index contributed by atoms with van der Waals surface area (Å²) in [4.78, 5) is 38.8. The second kappa shape index (κ2) is 7.98. The van der Waals surface area contributed by atoms with Gasteiger partial charge in [-0.3, -0.25) is 9.59 Å². The van der Waals surface area contributed by atoms with E-state index in [0.717, 1.165) is 0 Å². The van der Waals surface area contributed by atoms with Gasteiger partial charge in [0.1, 0.15) is 6.04 Å². The number of carbonyl (C=O) groups is 3. The highest BCUT2D eigenvalue weighted by Gasteiger charge is 2.39. The largest absolute Gasteiger partial charge is 0.421 e. The molecule has 0 saturated carbocycles. The molecule has 6 nitrogen and oxygen atoms in total. The number of rotatable bonds is 5. The minimum absolute atomic E-state index is 0.0225. The summed E-state index contributed by atoms with van der Waals surface area (Å²) in [6.45, 7) is 0. The fraction of sp³-hybridized carbons (Fsp3) is 0.0870. The summed E-state index contributed by atoms with van der Waals surface area (Å²) in [6.07, 6.45) is 0.0225. The minimum Gasteiger partial charge on any atom is -0.421 e. The standard InChI is InChI=1S/C23H18N2O4/c26-21-15-19(22(27)25(21)17-11-5-2-6-12-17)24-18-13-7-8-14-20(18)29-23(28)16-9-3-1-4-10-16/h1-14,19,24H,15H2. The maximum atomic E-state index is 12.8. The molecule has 144 valence electrons. The maximum absolute atomic E-state index is 12.8. The molecule has 0 bridgehead atoms. The van der Waals surface area contributed by atoms with Crippen molar-refractivity contribution in [3.8, 4) is 5.75 Å². The number of esters is 1. The molecule has 0 aromatic heterocycles.